The van der Waals surface area contributed by atoms with Crippen molar-refractivity contribution in [2.24, 2.45) is 4.99 Å². The number of benzene rings is 1. The van der Waals surface area contributed by atoms with Crippen LogP contribution < -0.4 is 16.0 Å². The molecule has 1 heterocycles. The maximum atomic E-state index is 13.5. The molecule has 1 fully saturated rings. The summed E-state index contributed by atoms with van der Waals surface area (Å²) in [6.07, 6.45) is 6.03. The summed E-state index contributed by atoms with van der Waals surface area (Å²) in [7, 11) is 1.76. The van der Waals surface area contributed by atoms with E-state index in [9.17, 15) is 9.18 Å². The molecule has 1 saturated carbocycles. The van der Waals surface area contributed by atoms with Gasteiger partial charge in [0.05, 0.1) is 0 Å². The average molecular weight is 559 g/mol. The van der Waals surface area contributed by atoms with Gasteiger partial charge in [0.2, 0.25) is 0 Å². The summed E-state index contributed by atoms with van der Waals surface area (Å²) in [5, 5.41) is 10.7. The van der Waals surface area contributed by atoms with Crippen molar-refractivity contribution < 1.29 is 13.9 Å². The SMILES string of the molecule is CN=C(NCCc1c[nH]c2ccc(F)cc12)NC1CCC(NC(=O)OC(C)(C)C)CC1.I. The molecule has 32 heavy (non-hydrogen) atoms. The summed E-state index contributed by atoms with van der Waals surface area (Å²) in [4.78, 5) is 19.5. The van der Waals surface area contributed by atoms with Gasteiger partial charge in [-0.2, -0.15) is 0 Å². The fourth-order valence-corrected chi connectivity index (χ4v) is 3.92. The lowest BCUT2D eigenvalue weighted by atomic mass is 9.91. The van der Waals surface area contributed by atoms with E-state index in [1.165, 1.54) is 6.07 Å². The lowest BCUT2D eigenvalue weighted by Crippen LogP contribution is -2.48. The zero-order valence-corrected chi connectivity index (χ0v) is 21.6. The Hall–Kier alpha value is -2.04. The third kappa shape index (κ3) is 7.83. The number of alkyl carbamates (subject to hydrolysis) is 1. The van der Waals surface area contributed by atoms with Gasteiger partial charge in [0, 0.05) is 42.8 Å². The number of H-pyrrole nitrogens is 1. The molecule has 0 aliphatic heterocycles. The molecule has 2 aromatic rings. The summed E-state index contributed by atoms with van der Waals surface area (Å²) in [6.45, 7) is 6.28. The van der Waals surface area contributed by atoms with E-state index in [0.29, 0.717) is 12.6 Å². The van der Waals surface area contributed by atoms with Gasteiger partial charge in [-0.1, -0.05) is 0 Å². The number of hydrogen-bond acceptors (Lipinski definition) is 3. The lowest BCUT2D eigenvalue weighted by molar-refractivity contribution is 0.0490. The first-order valence-corrected chi connectivity index (χ1v) is 11.0. The number of hydrogen-bond donors (Lipinski definition) is 4. The number of nitrogens with zero attached hydrogens (tertiary/aromatic N) is 1. The molecule has 178 valence electrons. The molecule has 0 bridgehead atoms. The van der Waals surface area contributed by atoms with Crippen LogP contribution in [0.3, 0.4) is 0 Å². The van der Waals surface area contributed by atoms with E-state index < -0.39 is 5.60 Å². The molecule has 0 spiro atoms. The highest BCUT2D eigenvalue weighted by molar-refractivity contribution is 14.0. The van der Waals surface area contributed by atoms with E-state index in [0.717, 1.165) is 54.5 Å². The first kappa shape index (κ1) is 26.2. The van der Waals surface area contributed by atoms with Gasteiger partial charge in [0.15, 0.2) is 5.96 Å². The molecule has 7 nitrogen and oxygen atoms in total. The van der Waals surface area contributed by atoms with E-state index in [1.807, 2.05) is 27.0 Å². The molecule has 0 saturated heterocycles. The number of nitrogens with one attached hydrogen (secondary N) is 4. The average Bonchev–Trinajstić information content (AvgIpc) is 3.09. The number of aromatic amines is 1. The topological polar surface area (TPSA) is 90.5 Å². The minimum absolute atomic E-state index is 0. The number of rotatable bonds is 5. The molecular formula is C23H35FIN5O2. The molecule has 1 aliphatic carbocycles. The maximum Gasteiger partial charge on any atom is 0.407 e. The molecule has 0 unspecified atom stereocenters. The Balaban J connectivity index is 0.00000363. The maximum absolute atomic E-state index is 13.5. The lowest BCUT2D eigenvalue weighted by Gasteiger charge is -2.31. The van der Waals surface area contributed by atoms with E-state index in [1.54, 1.807) is 19.2 Å². The molecule has 1 aromatic carbocycles. The Morgan fingerprint density at radius 1 is 1.19 bits per heavy atom. The first-order chi connectivity index (χ1) is 14.7. The van der Waals surface area contributed by atoms with E-state index >= 15 is 0 Å². The van der Waals surface area contributed by atoms with Gasteiger partial charge in [-0.25, -0.2) is 9.18 Å². The van der Waals surface area contributed by atoms with Gasteiger partial charge in [-0.15, -0.1) is 24.0 Å². The van der Waals surface area contributed by atoms with Crippen molar-refractivity contribution in [3.8, 4) is 0 Å². The molecule has 0 atom stereocenters. The fraction of sp³-hybridized carbons (Fsp3) is 0.565. The Morgan fingerprint density at radius 2 is 1.84 bits per heavy atom. The number of guanidine groups is 1. The van der Waals surface area contributed by atoms with Crippen molar-refractivity contribution in [3.63, 3.8) is 0 Å². The number of fused-ring (bicyclic) bond motifs is 1. The molecule has 1 amide bonds. The normalized spacial score (nSPS) is 19.2. The van der Waals surface area contributed by atoms with Gasteiger partial charge in [-0.05, 0) is 76.6 Å². The van der Waals surface area contributed by atoms with Gasteiger partial charge < -0.3 is 25.7 Å². The van der Waals surface area contributed by atoms with Crippen LogP contribution >= 0.6 is 24.0 Å². The predicted molar refractivity (Wildman–Crippen MR) is 137 cm³/mol. The van der Waals surface area contributed by atoms with Crippen LogP contribution in [0, 0.1) is 5.82 Å². The van der Waals surface area contributed by atoms with Crippen LogP contribution in [0.2, 0.25) is 0 Å². The third-order valence-corrected chi connectivity index (χ3v) is 5.43. The van der Waals surface area contributed by atoms with Crippen LogP contribution in [0.25, 0.3) is 10.9 Å². The molecule has 9 heteroatoms. The van der Waals surface area contributed by atoms with Gasteiger partial charge in [-0.3, -0.25) is 4.99 Å². The van der Waals surface area contributed by atoms with Crippen molar-refractivity contribution in [1.82, 2.24) is 20.9 Å². The van der Waals surface area contributed by atoms with Crippen molar-refractivity contribution in [2.75, 3.05) is 13.6 Å². The summed E-state index contributed by atoms with van der Waals surface area (Å²) < 4.78 is 18.9. The Labute approximate surface area is 206 Å². The minimum Gasteiger partial charge on any atom is -0.444 e. The highest BCUT2D eigenvalue weighted by Crippen LogP contribution is 2.20. The fourth-order valence-electron chi connectivity index (χ4n) is 3.92. The van der Waals surface area contributed by atoms with Crippen molar-refractivity contribution >= 4 is 46.9 Å². The van der Waals surface area contributed by atoms with Crippen molar-refractivity contribution in [2.45, 2.75) is 70.6 Å². The predicted octanol–water partition coefficient (Wildman–Crippen LogP) is 4.47. The number of amides is 1. The number of aromatic nitrogens is 1. The summed E-state index contributed by atoms with van der Waals surface area (Å²) in [6, 6.07) is 5.24. The van der Waals surface area contributed by atoms with Gasteiger partial charge in [0.25, 0.3) is 0 Å². The molecule has 3 rings (SSSR count). The number of carbonyl (C=O) groups is 1. The van der Waals surface area contributed by atoms with Crippen LogP contribution in [0.1, 0.15) is 52.0 Å². The molecule has 1 aliphatic rings. The Morgan fingerprint density at radius 3 is 2.47 bits per heavy atom. The van der Waals surface area contributed by atoms with E-state index in [2.05, 4.69) is 25.9 Å². The van der Waals surface area contributed by atoms with Crippen LogP contribution in [0.4, 0.5) is 9.18 Å². The number of carbonyl (C=O) groups excluding carboxylic acids is 1. The summed E-state index contributed by atoms with van der Waals surface area (Å²) >= 11 is 0. The van der Waals surface area contributed by atoms with Gasteiger partial charge in [0.1, 0.15) is 11.4 Å². The Kier molecular flexibility index (Phi) is 9.60. The highest BCUT2D eigenvalue weighted by Gasteiger charge is 2.25. The molecule has 4 N–H and O–H groups in total. The molecule has 1 aromatic heterocycles. The van der Waals surface area contributed by atoms with Crippen molar-refractivity contribution in [1.29, 1.82) is 0 Å². The number of aliphatic imine (C=N–C) groups is 1. The monoisotopic (exact) mass is 559 g/mol. The largest absolute Gasteiger partial charge is 0.444 e. The third-order valence-electron chi connectivity index (χ3n) is 5.43. The number of halogens is 2. The second kappa shape index (κ2) is 11.7. The minimum atomic E-state index is -0.484. The molecule has 0 radical (unpaired) electrons. The summed E-state index contributed by atoms with van der Waals surface area (Å²) in [5.74, 6) is 0.533. The van der Waals surface area contributed by atoms with E-state index in [-0.39, 0.29) is 41.9 Å². The first-order valence-electron chi connectivity index (χ1n) is 11.0. The van der Waals surface area contributed by atoms with Crippen molar-refractivity contribution in [3.05, 3.63) is 35.8 Å². The summed E-state index contributed by atoms with van der Waals surface area (Å²) in [5.41, 5.74) is 1.53. The quantitative estimate of drug-likeness (QED) is 0.247. The van der Waals surface area contributed by atoms with Gasteiger partial charge >= 0.3 is 6.09 Å². The zero-order chi connectivity index (χ0) is 22.4. The standard InChI is InChI=1S/C23H34FN5O2.HI/c1-23(2,3)31-22(30)29-18-8-6-17(7-9-18)28-21(25-4)26-12-11-15-14-27-20-10-5-16(24)13-19(15)20;/h5,10,13-14,17-18,27H,6-9,11-12H2,1-4H3,(H,29,30)(H2,25,26,28);1H. The van der Waals surface area contributed by atoms with E-state index in [4.69, 9.17) is 4.74 Å². The van der Waals surface area contributed by atoms with Crippen LogP contribution in [0.5, 0.6) is 0 Å². The Bertz CT molecular complexity index is 917. The van der Waals surface area contributed by atoms with Crippen LogP contribution in [-0.2, 0) is 11.2 Å². The number of ether oxygens (including phenoxy) is 1. The van der Waals surface area contributed by atoms with Crippen LogP contribution in [0.15, 0.2) is 29.4 Å². The smallest absolute Gasteiger partial charge is 0.407 e. The second-order valence-electron chi connectivity index (χ2n) is 9.09. The van der Waals surface area contributed by atoms with Crippen LogP contribution in [-0.4, -0.2) is 48.3 Å². The molecular weight excluding hydrogens is 524 g/mol. The second-order valence-corrected chi connectivity index (χ2v) is 9.09. The highest BCUT2D eigenvalue weighted by atomic mass is 127. The zero-order valence-electron chi connectivity index (χ0n) is 19.3.